The maximum atomic E-state index is 2.59. The zero-order valence-electron chi connectivity index (χ0n) is 13.4. The van der Waals surface area contributed by atoms with Gasteiger partial charge in [0.15, 0.2) is 0 Å². The molecule has 0 N–H and O–H groups in total. The van der Waals surface area contributed by atoms with Crippen molar-refractivity contribution in [2.24, 2.45) is 0 Å². The Morgan fingerprint density at radius 2 is 1.71 bits per heavy atom. The number of fused-ring (bicyclic) bond motifs is 10. The van der Waals surface area contributed by atoms with Crippen molar-refractivity contribution in [2.45, 2.75) is 18.9 Å². The van der Waals surface area contributed by atoms with Crippen LogP contribution in [-0.2, 0) is 0 Å². The predicted octanol–water partition coefficient (Wildman–Crippen LogP) is 5.65. The topological polar surface area (TPSA) is 3.24 Å². The largest absolute Gasteiger partial charge is 0.329 e. The van der Waals surface area contributed by atoms with Crippen LogP contribution in [0, 0.1) is 0 Å². The Morgan fingerprint density at radius 1 is 0.875 bits per heavy atom. The third-order valence-electron chi connectivity index (χ3n) is 5.72. The summed E-state index contributed by atoms with van der Waals surface area (Å²) in [7, 11) is 0. The molecule has 2 aliphatic carbocycles. The molecule has 1 atom stereocenters. The molecule has 2 aromatic carbocycles. The van der Waals surface area contributed by atoms with E-state index in [4.69, 9.17) is 0 Å². The molecular weight excluding hydrogens is 290 g/mol. The van der Waals surface area contributed by atoms with Gasteiger partial charge in [-0.1, -0.05) is 66.8 Å². The first-order chi connectivity index (χ1) is 11.9. The standard InChI is InChI=1S/C23H17N/c1-2-9-19-15(7-1)18-11-6-14-22(18)24-21-13-4-3-8-17(21)16-10-5-12-20(16)23(19)24/h1-5,7-11,13-14,23H,6,12H2. The normalized spacial score (nSPS) is 22.3. The number of nitrogens with zero attached hydrogens (tertiary/aromatic N) is 1. The molecule has 1 nitrogen and oxygen atoms in total. The lowest BCUT2D eigenvalue weighted by atomic mass is 9.79. The summed E-state index contributed by atoms with van der Waals surface area (Å²) in [6, 6.07) is 18.2. The van der Waals surface area contributed by atoms with E-state index in [1.165, 1.54) is 39.2 Å². The van der Waals surface area contributed by atoms with Crippen molar-refractivity contribution < 1.29 is 0 Å². The van der Waals surface area contributed by atoms with Crippen molar-refractivity contribution >= 4 is 16.8 Å². The summed E-state index contributed by atoms with van der Waals surface area (Å²) in [5, 5.41) is 0. The molecule has 2 aromatic rings. The molecule has 24 heavy (non-hydrogen) atoms. The van der Waals surface area contributed by atoms with E-state index in [0.29, 0.717) is 6.04 Å². The van der Waals surface area contributed by atoms with Crippen LogP contribution in [0.5, 0.6) is 0 Å². The highest BCUT2D eigenvalue weighted by atomic mass is 15.2. The summed E-state index contributed by atoms with van der Waals surface area (Å²) in [5.41, 5.74) is 11.4. The summed E-state index contributed by atoms with van der Waals surface area (Å²) in [4.78, 5) is 2.59. The summed E-state index contributed by atoms with van der Waals surface area (Å²) in [6.07, 6.45) is 11.5. The fourth-order valence-electron chi connectivity index (χ4n) is 4.80. The highest BCUT2D eigenvalue weighted by molar-refractivity contribution is 5.98. The Morgan fingerprint density at radius 3 is 2.67 bits per heavy atom. The quantitative estimate of drug-likeness (QED) is 0.608. The molecule has 0 aromatic heterocycles. The van der Waals surface area contributed by atoms with Gasteiger partial charge in [0.2, 0.25) is 0 Å². The van der Waals surface area contributed by atoms with Crippen molar-refractivity contribution in [1.82, 2.24) is 0 Å². The van der Waals surface area contributed by atoms with E-state index in [1.807, 2.05) is 0 Å². The van der Waals surface area contributed by atoms with Gasteiger partial charge in [-0.2, -0.15) is 0 Å². The van der Waals surface area contributed by atoms with Crippen molar-refractivity contribution in [3.05, 3.63) is 101 Å². The highest BCUT2D eigenvalue weighted by Crippen LogP contribution is 2.56. The van der Waals surface area contributed by atoms with Crippen LogP contribution in [0.1, 0.15) is 35.6 Å². The molecule has 6 rings (SSSR count). The van der Waals surface area contributed by atoms with Gasteiger partial charge in [-0.25, -0.2) is 0 Å². The fraction of sp³-hybridized carbons (Fsp3) is 0.130. The molecule has 2 aliphatic heterocycles. The highest BCUT2D eigenvalue weighted by Gasteiger charge is 2.41. The molecular formula is C23H17N. The first kappa shape index (κ1) is 12.6. The van der Waals surface area contributed by atoms with Crippen molar-refractivity contribution in [1.29, 1.82) is 0 Å². The minimum absolute atomic E-state index is 0.336. The number of anilines is 1. The first-order valence-electron chi connectivity index (χ1n) is 8.72. The lowest BCUT2D eigenvalue weighted by Crippen LogP contribution is -2.36. The number of para-hydroxylation sites is 1. The van der Waals surface area contributed by atoms with Gasteiger partial charge in [-0.15, -0.1) is 0 Å². The number of hydrogen-bond acceptors (Lipinski definition) is 1. The van der Waals surface area contributed by atoms with Crippen LogP contribution in [0.4, 0.5) is 5.69 Å². The second-order valence-corrected chi connectivity index (χ2v) is 6.87. The molecule has 0 saturated carbocycles. The molecule has 1 unspecified atom stereocenters. The van der Waals surface area contributed by atoms with Gasteiger partial charge in [0.1, 0.15) is 0 Å². The average Bonchev–Trinajstić information content (AvgIpc) is 3.31. The zero-order valence-corrected chi connectivity index (χ0v) is 13.4. The van der Waals surface area contributed by atoms with E-state index in [-0.39, 0.29) is 0 Å². The zero-order chi connectivity index (χ0) is 15.7. The van der Waals surface area contributed by atoms with Crippen LogP contribution in [-0.4, -0.2) is 0 Å². The molecule has 4 aliphatic rings. The predicted molar refractivity (Wildman–Crippen MR) is 99.5 cm³/mol. The molecule has 0 fully saturated rings. The van der Waals surface area contributed by atoms with Gasteiger partial charge in [0.05, 0.1) is 6.04 Å². The summed E-state index contributed by atoms with van der Waals surface area (Å²) in [6.45, 7) is 0. The van der Waals surface area contributed by atoms with E-state index in [9.17, 15) is 0 Å². The Hall–Kier alpha value is -2.80. The van der Waals surface area contributed by atoms with Crippen molar-refractivity contribution in [3.8, 4) is 0 Å². The lowest BCUT2D eigenvalue weighted by Gasteiger charge is -2.45. The molecule has 0 bridgehead atoms. The minimum Gasteiger partial charge on any atom is -0.329 e. The third-order valence-corrected chi connectivity index (χ3v) is 5.72. The molecule has 0 spiro atoms. The van der Waals surface area contributed by atoms with Crippen LogP contribution >= 0.6 is 0 Å². The molecule has 2 heterocycles. The van der Waals surface area contributed by atoms with Crippen LogP contribution in [0.25, 0.3) is 11.1 Å². The van der Waals surface area contributed by atoms with Crippen LogP contribution in [0.2, 0.25) is 0 Å². The molecule has 0 radical (unpaired) electrons. The number of rotatable bonds is 0. The third kappa shape index (κ3) is 1.41. The SMILES string of the molecule is C1=CC2=C(C1)C1c3ccccc3C3=CCC=C3N1c1ccccc12. The monoisotopic (exact) mass is 307 g/mol. The fourth-order valence-corrected chi connectivity index (χ4v) is 4.80. The maximum Gasteiger partial charge on any atom is 0.0823 e. The van der Waals surface area contributed by atoms with Crippen molar-refractivity contribution in [2.75, 3.05) is 4.90 Å². The van der Waals surface area contributed by atoms with E-state index in [2.05, 4.69) is 77.7 Å². The van der Waals surface area contributed by atoms with Crippen LogP contribution in [0.3, 0.4) is 0 Å². The van der Waals surface area contributed by atoms with Gasteiger partial charge < -0.3 is 4.90 Å². The van der Waals surface area contributed by atoms with E-state index in [1.54, 1.807) is 5.57 Å². The molecule has 0 saturated heterocycles. The summed E-state index contributed by atoms with van der Waals surface area (Å²) >= 11 is 0. The smallest absolute Gasteiger partial charge is 0.0823 e. The summed E-state index contributed by atoms with van der Waals surface area (Å²) in [5.74, 6) is 0. The van der Waals surface area contributed by atoms with Gasteiger partial charge in [0.25, 0.3) is 0 Å². The van der Waals surface area contributed by atoms with Crippen LogP contribution < -0.4 is 4.90 Å². The van der Waals surface area contributed by atoms with E-state index < -0.39 is 0 Å². The molecule has 1 heteroatoms. The Kier molecular flexibility index (Phi) is 2.30. The van der Waals surface area contributed by atoms with Gasteiger partial charge >= 0.3 is 0 Å². The maximum absolute atomic E-state index is 2.59. The second-order valence-electron chi connectivity index (χ2n) is 6.87. The number of allylic oxidation sites excluding steroid dienone is 6. The Labute approximate surface area is 141 Å². The van der Waals surface area contributed by atoms with Gasteiger partial charge in [-0.3, -0.25) is 0 Å². The van der Waals surface area contributed by atoms with Crippen LogP contribution in [0.15, 0.2) is 84.1 Å². The summed E-state index contributed by atoms with van der Waals surface area (Å²) < 4.78 is 0. The molecule has 114 valence electrons. The number of hydrogen-bond donors (Lipinski definition) is 0. The Bertz CT molecular complexity index is 1020. The lowest BCUT2D eigenvalue weighted by molar-refractivity contribution is 0.742. The van der Waals surface area contributed by atoms with E-state index in [0.717, 1.165) is 12.8 Å². The minimum atomic E-state index is 0.336. The van der Waals surface area contributed by atoms with Gasteiger partial charge in [-0.05, 0) is 41.2 Å². The Balaban J connectivity index is 1.73. The van der Waals surface area contributed by atoms with Crippen molar-refractivity contribution in [3.63, 3.8) is 0 Å². The van der Waals surface area contributed by atoms with Gasteiger partial charge in [0, 0.05) is 22.5 Å². The number of benzene rings is 2. The molecule has 0 amide bonds. The second kappa shape index (κ2) is 4.39. The van der Waals surface area contributed by atoms with E-state index >= 15 is 0 Å². The first-order valence-corrected chi connectivity index (χ1v) is 8.72. The average molecular weight is 307 g/mol.